The van der Waals surface area contributed by atoms with Gasteiger partial charge in [0.25, 0.3) is 0 Å². The van der Waals surface area contributed by atoms with Crippen LogP contribution in [0.1, 0.15) is 123 Å². The van der Waals surface area contributed by atoms with Crippen LogP contribution in [0.25, 0.3) is 0 Å². The van der Waals surface area contributed by atoms with Crippen LogP contribution < -0.4 is 16.4 Å². The number of hydrogen-bond donors (Lipinski definition) is 5. The molecule has 0 aromatic heterocycles. The van der Waals surface area contributed by atoms with Crippen LogP contribution in [0.3, 0.4) is 0 Å². The summed E-state index contributed by atoms with van der Waals surface area (Å²) in [6.45, 7) is 5.23. The molecule has 1 spiro atoms. The van der Waals surface area contributed by atoms with Crippen molar-refractivity contribution in [3.63, 3.8) is 0 Å². The molecule has 0 aromatic carbocycles. The van der Waals surface area contributed by atoms with Crippen LogP contribution >= 0.6 is 0 Å². The summed E-state index contributed by atoms with van der Waals surface area (Å²) < 4.78 is 26.3. The number of aliphatic hydroxyl groups excluding tert-OH is 2. The minimum absolute atomic E-state index is 0.0328. The zero-order valence-corrected chi connectivity index (χ0v) is 38.5. The Morgan fingerprint density at radius 2 is 1.69 bits per heavy atom. The van der Waals surface area contributed by atoms with Gasteiger partial charge in [-0.1, -0.05) is 37.8 Å². The fraction of sp³-hybridized carbons (Fsp3) is 0.904. The Morgan fingerprint density at radius 1 is 0.887 bits per heavy atom. The number of aliphatic hydroxyl groups is 2. The molecule has 10 rings (SSSR count). The van der Waals surface area contributed by atoms with Gasteiger partial charge >= 0.3 is 5.97 Å². The first-order valence-electron chi connectivity index (χ1n) is 25.8. The van der Waals surface area contributed by atoms with Crippen molar-refractivity contribution in [2.45, 2.75) is 178 Å². The van der Waals surface area contributed by atoms with Gasteiger partial charge in [-0.3, -0.25) is 10.5 Å². The van der Waals surface area contributed by atoms with Crippen molar-refractivity contribution >= 4 is 5.97 Å². The zero-order valence-electron chi connectivity index (χ0n) is 38.5. The van der Waals surface area contributed by atoms with E-state index in [9.17, 15) is 15.0 Å². The number of allylic oxidation sites excluding steroid dienone is 2. The first-order chi connectivity index (χ1) is 30.1. The molecule has 0 aromatic rings. The Balaban J connectivity index is 1.10. The number of quaternary nitrogens is 1. The predicted octanol–water partition coefficient (Wildman–Crippen LogP) is 5.19. The summed E-state index contributed by atoms with van der Waals surface area (Å²) in [5.41, 5.74) is 7.07. The average molecular weight is 861 g/mol. The summed E-state index contributed by atoms with van der Waals surface area (Å²) in [7, 11) is 3.61. The quantitative estimate of drug-likeness (QED) is 0.126. The molecule has 6 saturated carbocycles. The molecule has 0 amide bonds. The molecule has 24 unspecified atom stereocenters. The lowest BCUT2D eigenvalue weighted by Crippen LogP contribution is -3.01. The monoisotopic (exact) mass is 861 g/mol. The van der Waals surface area contributed by atoms with E-state index >= 15 is 0 Å². The molecule has 4 bridgehead atoms. The Morgan fingerprint density at radius 3 is 2.50 bits per heavy atom. The van der Waals surface area contributed by atoms with Gasteiger partial charge in [0.15, 0.2) is 6.04 Å². The highest BCUT2D eigenvalue weighted by Crippen LogP contribution is 2.69. The lowest BCUT2D eigenvalue weighted by molar-refractivity contribution is -0.728. The third kappa shape index (κ3) is 7.98. The summed E-state index contributed by atoms with van der Waals surface area (Å²) >= 11 is 0. The summed E-state index contributed by atoms with van der Waals surface area (Å²) in [6.07, 6.45) is 22.5. The zero-order chi connectivity index (χ0) is 42.9. The molecule has 10 aliphatic rings. The van der Waals surface area contributed by atoms with E-state index in [4.69, 9.17) is 24.7 Å². The number of piperidine rings is 1. The molecule has 346 valence electrons. The molecule has 7 aliphatic carbocycles. The summed E-state index contributed by atoms with van der Waals surface area (Å²) in [4.78, 5) is 12.6. The summed E-state index contributed by atoms with van der Waals surface area (Å²) in [6, 6.07) is 0.741. The molecule has 3 aliphatic heterocycles. The van der Waals surface area contributed by atoms with Gasteiger partial charge in [0.05, 0.1) is 43.2 Å². The van der Waals surface area contributed by atoms with Gasteiger partial charge in [0.1, 0.15) is 6.17 Å². The minimum atomic E-state index is -0.550. The van der Waals surface area contributed by atoms with Crippen molar-refractivity contribution in [1.82, 2.24) is 5.32 Å². The van der Waals surface area contributed by atoms with E-state index in [-0.39, 0.29) is 71.9 Å². The van der Waals surface area contributed by atoms with E-state index in [1.807, 2.05) is 7.11 Å². The topological polar surface area (TPSA) is 149 Å². The van der Waals surface area contributed by atoms with Crippen LogP contribution in [-0.4, -0.2) is 98.4 Å². The van der Waals surface area contributed by atoms with Crippen LogP contribution in [0.2, 0.25) is 0 Å². The highest BCUT2D eigenvalue weighted by molar-refractivity contribution is 5.65. The van der Waals surface area contributed by atoms with Crippen molar-refractivity contribution in [2.75, 3.05) is 27.4 Å². The predicted molar refractivity (Wildman–Crippen MR) is 237 cm³/mol. The van der Waals surface area contributed by atoms with Gasteiger partial charge in [-0.25, -0.2) is 0 Å². The number of nitrogens with one attached hydrogen (secondary N) is 1. The number of carbonyl (C=O) groups excluding carboxylic acids is 1. The molecule has 7 N–H and O–H groups in total. The van der Waals surface area contributed by atoms with Crippen LogP contribution in [0, 0.1) is 100 Å². The number of esters is 1. The van der Waals surface area contributed by atoms with E-state index in [0.717, 1.165) is 51.5 Å². The van der Waals surface area contributed by atoms with Crippen LogP contribution in [-0.2, 0) is 23.7 Å². The number of methoxy groups -OCH3 is 2. The van der Waals surface area contributed by atoms with Gasteiger partial charge in [-0.2, -0.15) is 0 Å². The Bertz CT molecular complexity index is 1680. The van der Waals surface area contributed by atoms with Crippen LogP contribution in [0.4, 0.5) is 0 Å². The third-order valence-electron chi connectivity index (χ3n) is 20.1. The first kappa shape index (κ1) is 44.3. The van der Waals surface area contributed by atoms with Crippen molar-refractivity contribution < 1.29 is 39.3 Å². The molecule has 10 heteroatoms. The van der Waals surface area contributed by atoms with Gasteiger partial charge in [-0.05, 0) is 172 Å². The SMILES string of the molecule is CCNC1CCCCC1CC1C=CC2CC(N)[NH2+]C3C#CCC4CC(O)C(OC)CC4C4OC5C(CCC6C7C(CC(O)CC7OC)CC7(CCC(C7)C1C23)C65)C4COC(C)=O. The van der Waals surface area contributed by atoms with E-state index in [0.29, 0.717) is 90.6 Å². The maximum atomic E-state index is 12.6. The largest absolute Gasteiger partial charge is 0.465 e. The van der Waals surface area contributed by atoms with Gasteiger partial charge in [0.2, 0.25) is 0 Å². The molecular formula is C52H82N3O7+. The van der Waals surface area contributed by atoms with Crippen molar-refractivity contribution in [3.05, 3.63) is 12.2 Å². The molecule has 10 nitrogen and oxygen atoms in total. The fourth-order valence-corrected chi connectivity index (χ4v) is 18.1. The van der Waals surface area contributed by atoms with Crippen molar-refractivity contribution in [3.8, 4) is 11.8 Å². The Labute approximate surface area is 372 Å². The lowest BCUT2D eigenvalue weighted by Gasteiger charge is -2.61. The second-order valence-corrected chi connectivity index (χ2v) is 23.0. The van der Waals surface area contributed by atoms with Crippen molar-refractivity contribution in [1.29, 1.82) is 0 Å². The Kier molecular flexibility index (Phi) is 13.0. The maximum Gasteiger partial charge on any atom is 0.302 e. The smallest absolute Gasteiger partial charge is 0.302 e. The summed E-state index contributed by atoms with van der Waals surface area (Å²) in [5, 5.41) is 29.3. The number of hydrogen-bond acceptors (Lipinski definition) is 9. The number of nitrogens with two attached hydrogens (primary N) is 2. The number of carbonyl (C=O) groups is 1. The Hall–Kier alpha value is -1.55. The number of rotatable bonds is 8. The molecule has 0 radical (unpaired) electrons. The van der Waals surface area contributed by atoms with E-state index in [1.54, 1.807) is 14.0 Å². The van der Waals surface area contributed by atoms with Gasteiger partial charge < -0.3 is 39.8 Å². The normalized spacial score (nSPS) is 52.9. The lowest BCUT2D eigenvalue weighted by atomic mass is 9.45. The molecule has 24 atom stereocenters. The number of ether oxygens (including phenoxy) is 4. The van der Waals surface area contributed by atoms with Crippen molar-refractivity contribution in [2.24, 2.45) is 94.0 Å². The second kappa shape index (κ2) is 18.3. The maximum absolute atomic E-state index is 12.6. The van der Waals surface area contributed by atoms with Gasteiger partial charge in [-0.15, -0.1) is 0 Å². The summed E-state index contributed by atoms with van der Waals surface area (Å²) in [5.74, 6) is 13.2. The van der Waals surface area contributed by atoms with E-state index in [2.05, 4.69) is 41.6 Å². The highest BCUT2D eigenvalue weighted by atomic mass is 16.5. The number of fused-ring (bicyclic) bond motifs is 7. The molecule has 8 fully saturated rings. The van der Waals surface area contributed by atoms with E-state index in [1.165, 1.54) is 51.4 Å². The fourth-order valence-electron chi connectivity index (χ4n) is 18.1. The van der Waals surface area contributed by atoms with Gasteiger partial charge in [0, 0.05) is 51.9 Å². The van der Waals surface area contributed by atoms with Crippen LogP contribution in [0.15, 0.2) is 12.2 Å². The molecule has 3 heterocycles. The first-order valence-corrected chi connectivity index (χ1v) is 25.8. The molecular weight excluding hydrogens is 779 g/mol. The molecule has 2 saturated heterocycles. The standard InChI is InChI=1S/C52H81N3O7/c1-5-54-40-11-7-6-9-30(40)19-31-13-14-32-22-45(53)55-41-12-8-10-29-21-42(58)43(59-3)24-38(29)50-39(27-61-28(2)56)36-15-16-37-47-34(20-35(57)23-44(47)60-4)26-52(49(37)51(36)62-50)18-17-33(25-52)46(31)48(32)41/h13-14,29-51,54-55,57-58H,5-7,9-11,15-27,53H2,1-4H3/p+1. The van der Waals surface area contributed by atoms with E-state index < -0.39 is 6.10 Å². The molecule has 62 heavy (non-hydrogen) atoms. The van der Waals surface area contributed by atoms with Crippen LogP contribution in [0.5, 0.6) is 0 Å². The average Bonchev–Trinajstić information content (AvgIpc) is 3.84. The third-order valence-corrected chi connectivity index (χ3v) is 20.1. The second-order valence-electron chi connectivity index (χ2n) is 23.0. The highest BCUT2D eigenvalue weighted by Gasteiger charge is 2.67. The minimum Gasteiger partial charge on any atom is -0.465 e.